The SMILES string of the molecule is COc1cccc(-c2cn[nH]c2[C@H]2CCCN2C(=O)Cc2csc(C)n2)c1. The van der Waals surface area contributed by atoms with Crippen molar-refractivity contribution < 1.29 is 9.53 Å². The standard InChI is InChI=1S/C20H22N4O2S/c1-13-22-15(12-27-13)10-19(25)24-8-4-7-18(24)20-17(11-21-23-20)14-5-3-6-16(9-14)26-2/h3,5-6,9,11-12,18H,4,7-8,10H2,1-2H3,(H,21,23)/t18-/m1/s1. The van der Waals surface area contributed by atoms with Crippen LogP contribution in [0.2, 0.25) is 0 Å². The van der Waals surface area contributed by atoms with Gasteiger partial charge in [0.2, 0.25) is 5.91 Å². The molecule has 3 heterocycles. The fourth-order valence-electron chi connectivity index (χ4n) is 3.68. The number of aromatic nitrogens is 3. The van der Waals surface area contributed by atoms with E-state index in [0.717, 1.165) is 52.7 Å². The van der Waals surface area contributed by atoms with Gasteiger partial charge in [0.1, 0.15) is 5.75 Å². The van der Waals surface area contributed by atoms with Crippen LogP contribution in [0.1, 0.15) is 35.3 Å². The summed E-state index contributed by atoms with van der Waals surface area (Å²) in [5.41, 5.74) is 3.89. The lowest BCUT2D eigenvalue weighted by molar-refractivity contribution is -0.131. The van der Waals surface area contributed by atoms with Crippen LogP contribution in [-0.2, 0) is 11.2 Å². The topological polar surface area (TPSA) is 71.1 Å². The number of likely N-dealkylation sites (tertiary alicyclic amines) is 1. The highest BCUT2D eigenvalue weighted by atomic mass is 32.1. The molecule has 2 aromatic heterocycles. The van der Waals surface area contributed by atoms with Crippen molar-refractivity contribution in [2.24, 2.45) is 0 Å². The molecular weight excluding hydrogens is 360 g/mol. The second-order valence-electron chi connectivity index (χ2n) is 6.71. The lowest BCUT2D eigenvalue weighted by Crippen LogP contribution is -2.32. The molecule has 1 N–H and O–H groups in total. The number of thiazole rings is 1. The van der Waals surface area contributed by atoms with Gasteiger partial charge in [-0.2, -0.15) is 5.10 Å². The van der Waals surface area contributed by atoms with Gasteiger partial charge in [-0.05, 0) is 37.5 Å². The van der Waals surface area contributed by atoms with Gasteiger partial charge in [0, 0.05) is 17.5 Å². The van der Waals surface area contributed by atoms with Crippen LogP contribution >= 0.6 is 11.3 Å². The summed E-state index contributed by atoms with van der Waals surface area (Å²) >= 11 is 1.58. The van der Waals surface area contributed by atoms with E-state index in [-0.39, 0.29) is 11.9 Å². The number of H-pyrrole nitrogens is 1. The van der Waals surface area contributed by atoms with Crippen molar-refractivity contribution in [3.8, 4) is 16.9 Å². The molecule has 1 aliphatic heterocycles. The molecule has 0 radical (unpaired) electrons. The van der Waals surface area contributed by atoms with Gasteiger partial charge >= 0.3 is 0 Å². The van der Waals surface area contributed by atoms with E-state index in [2.05, 4.69) is 15.2 Å². The van der Waals surface area contributed by atoms with Crippen molar-refractivity contribution in [1.29, 1.82) is 0 Å². The summed E-state index contributed by atoms with van der Waals surface area (Å²) in [6.45, 7) is 2.73. The zero-order chi connectivity index (χ0) is 18.8. The Morgan fingerprint density at radius 2 is 2.33 bits per heavy atom. The summed E-state index contributed by atoms with van der Waals surface area (Å²) in [6, 6.07) is 7.93. The van der Waals surface area contributed by atoms with Crippen LogP contribution in [0.3, 0.4) is 0 Å². The van der Waals surface area contributed by atoms with E-state index in [1.807, 2.05) is 47.7 Å². The number of ether oxygens (including phenoxy) is 1. The first-order valence-electron chi connectivity index (χ1n) is 9.04. The number of aryl methyl sites for hydroxylation is 1. The monoisotopic (exact) mass is 382 g/mol. The fourth-order valence-corrected chi connectivity index (χ4v) is 4.29. The van der Waals surface area contributed by atoms with E-state index < -0.39 is 0 Å². The average Bonchev–Trinajstić information content (AvgIpc) is 3.41. The molecule has 27 heavy (non-hydrogen) atoms. The summed E-state index contributed by atoms with van der Waals surface area (Å²) in [4.78, 5) is 19.3. The molecule has 1 aromatic carbocycles. The number of carbonyl (C=O) groups is 1. The highest BCUT2D eigenvalue weighted by Gasteiger charge is 2.33. The number of hydrogen-bond donors (Lipinski definition) is 1. The van der Waals surface area contributed by atoms with Crippen molar-refractivity contribution in [3.63, 3.8) is 0 Å². The summed E-state index contributed by atoms with van der Waals surface area (Å²) in [5, 5.41) is 10.4. The third-order valence-electron chi connectivity index (χ3n) is 4.95. The van der Waals surface area contributed by atoms with Gasteiger partial charge in [-0.15, -0.1) is 11.3 Å². The molecule has 0 spiro atoms. The Hall–Kier alpha value is -2.67. The number of nitrogens with one attached hydrogen (secondary N) is 1. The first-order chi connectivity index (χ1) is 13.2. The normalized spacial score (nSPS) is 16.7. The maximum Gasteiger partial charge on any atom is 0.229 e. The van der Waals surface area contributed by atoms with Crippen molar-refractivity contribution in [3.05, 3.63) is 52.2 Å². The van der Waals surface area contributed by atoms with Gasteiger partial charge < -0.3 is 9.64 Å². The molecule has 6 nitrogen and oxygen atoms in total. The molecule has 3 aromatic rings. The number of amides is 1. The Morgan fingerprint density at radius 3 is 3.11 bits per heavy atom. The minimum Gasteiger partial charge on any atom is -0.497 e. The van der Waals surface area contributed by atoms with Crippen LogP contribution in [0.15, 0.2) is 35.8 Å². The van der Waals surface area contributed by atoms with Gasteiger partial charge in [0.25, 0.3) is 0 Å². The van der Waals surface area contributed by atoms with Crippen molar-refractivity contribution in [1.82, 2.24) is 20.1 Å². The number of carbonyl (C=O) groups excluding carboxylic acids is 1. The minimum absolute atomic E-state index is 0.0148. The van der Waals surface area contributed by atoms with E-state index in [9.17, 15) is 4.79 Å². The Bertz CT molecular complexity index is 949. The van der Waals surface area contributed by atoms with Gasteiger partial charge in [0.15, 0.2) is 0 Å². The Labute approximate surface area is 162 Å². The molecule has 0 unspecified atom stereocenters. The van der Waals surface area contributed by atoms with Crippen LogP contribution in [0.4, 0.5) is 0 Å². The first-order valence-corrected chi connectivity index (χ1v) is 9.92. The lowest BCUT2D eigenvalue weighted by Gasteiger charge is -2.24. The molecule has 1 aliphatic rings. The van der Waals surface area contributed by atoms with Crippen LogP contribution in [0.25, 0.3) is 11.1 Å². The van der Waals surface area contributed by atoms with E-state index in [1.54, 1.807) is 18.4 Å². The zero-order valence-electron chi connectivity index (χ0n) is 15.4. The molecular formula is C20H22N4O2S. The van der Waals surface area contributed by atoms with Gasteiger partial charge in [0.05, 0.1) is 42.2 Å². The van der Waals surface area contributed by atoms with E-state index in [1.165, 1.54) is 0 Å². The zero-order valence-corrected chi connectivity index (χ0v) is 16.3. The Morgan fingerprint density at radius 1 is 1.44 bits per heavy atom. The van der Waals surface area contributed by atoms with Crippen molar-refractivity contribution in [2.45, 2.75) is 32.2 Å². The van der Waals surface area contributed by atoms with E-state index >= 15 is 0 Å². The molecule has 140 valence electrons. The van der Waals surface area contributed by atoms with Crippen molar-refractivity contribution in [2.75, 3.05) is 13.7 Å². The molecule has 1 atom stereocenters. The number of hydrogen-bond acceptors (Lipinski definition) is 5. The number of rotatable bonds is 5. The molecule has 7 heteroatoms. The predicted octanol–water partition coefficient (Wildman–Crippen LogP) is 3.76. The van der Waals surface area contributed by atoms with Crippen LogP contribution < -0.4 is 4.74 Å². The lowest BCUT2D eigenvalue weighted by atomic mass is 10.0. The maximum atomic E-state index is 12.9. The third-order valence-corrected chi connectivity index (χ3v) is 5.78. The maximum absolute atomic E-state index is 12.9. The third kappa shape index (κ3) is 3.60. The number of benzene rings is 1. The average molecular weight is 382 g/mol. The largest absolute Gasteiger partial charge is 0.497 e. The van der Waals surface area contributed by atoms with E-state index in [4.69, 9.17) is 4.74 Å². The highest BCUT2D eigenvalue weighted by Crippen LogP contribution is 2.37. The smallest absolute Gasteiger partial charge is 0.229 e. The molecule has 1 amide bonds. The van der Waals surface area contributed by atoms with Gasteiger partial charge in [-0.3, -0.25) is 9.89 Å². The number of methoxy groups -OCH3 is 1. The van der Waals surface area contributed by atoms with Gasteiger partial charge in [-0.25, -0.2) is 4.98 Å². The second-order valence-corrected chi connectivity index (χ2v) is 7.77. The summed E-state index contributed by atoms with van der Waals surface area (Å²) < 4.78 is 5.34. The quantitative estimate of drug-likeness (QED) is 0.729. The molecule has 1 fully saturated rings. The molecule has 1 saturated heterocycles. The van der Waals surface area contributed by atoms with Crippen LogP contribution in [0.5, 0.6) is 5.75 Å². The molecule has 4 rings (SSSR count). The minimum atomic E-state index is 0.0148. The predicted molar refractivity (Wildman–Crippen MR) is 105 cm³/mol. The first kappa shape index (κ1) is 17.7. The Kier molecular flexibility index (Phi) is 4.94. The molecule has 0 aliphatic carbocycles. The molecule has 0 saturated carbocycles. The van der Waals surface area contributed by atoms with Crippen LogP contribution in [-0.4, -0.2) is 39.6 Å². The summed E-state index contributed by atoms with van der Waals surface area (Å²) in [7, 11) is 1.66. The van der Waals surface area contributed by atoms with Gasteiger partial charge in [-0.1, -0.05) is 12.1 Å². The number of nitrogens with zero attached hydrogens (tertiary/aromatic N) is 3. The summed E-state index contributed by atoms with van der Waals surface area (Å²) in [5.74, 6) is 0.923. The van der Waals surface area contributed by atoms with E-state index in [0.29, 0.717) is 6.42 Å². The Balaban J connectivity index is 1.59. The van der Waals surface area contributed by atoms with Crippen LogP contribution in [0, 0.1) is 6.92 Å². The van der Waals surface area contributed by atoms with Crippen molar-refractivity contribution >= 4 is 17.2 Å². The fraction of sp³-hybridized carbons (Fsp3) is 0.350. The molecule has 0 bridgehead atoms. The highest BCUT2D eigenvalue weighted by molar-refractivity contribution is 7.09. The summed E-state index contributed by atoms with van der Waals surface area (Å²) in [6.07, 6.45) is 4.10. The number of aromatic amines is 1. The second kappa shape index (κ2) is 7.52.